The Kier molecular flexibility index (Phi) is 6.01. The van der Waals surface area contributed by atoms with Gasteiger partial charge in [0.05, 0.1) is 0 Å². The summed E-state index contributed by atoms with van der Waals surface area (Å²) in [5.74, 6) is -2.12. The molecule has 0 saturated carbocycles. The molecule has 0 heterocycles. The fourth-order valence-electron chi connectivity index (χ4n) is 2.13. The minimum absolute atomic E-state index is 0.343. The van der Waals surface area contributed by atoms with E-state index in [0.717, 1.165) is 38.1 Å². The Morgan fingerprint density at radius 2 is 1.38 bits per heavy atom. The maximum Gasteiger partial charge on any atom is 0.436 e. The first kappa shape index (κ1) is 20.8. The first-order chi connectivity index (χ1) is 10.7. The van der Waals surface area contributed by atoms with E-state index in [-0.39, 0.29) is 4.90 Å². The predicted molar refractivity (Wildman–Crippen MR) is 75.7 cm³/mol. The van der Waals surface area contributed by atoms with Gasteiger partial charge in [0.2, 0.25) is 0 Å². The summed E-state index contributed by atoms with van der Waals surface area (Å²) in [5, 5.41) is -4.29. The van der Waals surface area contributed by atoms with Crippen LogP contribution in [0.15, 0.2) is 40.3 Å². The van der Waals surface area contributed by atoms with Crippen LogP contribution in [0.25, 0.3) is 0 Å². The van der Waals surface area contributed by atoms with E-state index in [1.165, 1.54) is 0 Å². The van der Waals surface area contributed by atoms with E-state index in [0.29, 0.717) is 6.92 Å². The third-order valence-electron chi connectivity index (χ3n) is 3.19. The van der Waals surface area contributed by atoms with Crippen LogP contribution in [0.2, 0.25) is 0 Å². The van der Waals surface area contributed by atoms with Crippen molar-refractivity contribution in [1.29, 1.82) is 0 Å². The number of halogens is 8. The summed E-state index contributed by atoms with van der Waals surface area (Å²) in [6.45, 7) is 2.52. The first-order valence-electron chi connectivity index (χ1n) is 6.68. The molecule has 0 nitrogen and oxygen atoms in total. The monoisotopic (exact) mass is 378 g/mol. The van der Waals surface area contributed by atoms with E-state index in [1.807, 2.05) is 0 Å². The van der Waals surface area contributed by atoms with Crippen molar-refractivity contribution in [2.75, 3.05) is 0 Å². The summed E-state index contributed by atoms with van der Waals surface area (Å²) in [5.41, 5.74) is -3.04. The smallest absolute Gasteiger partial charge is 0.216 e. The van der Waals surface area contributed by atoms with Crippen molar-refractivity contribution in [1.82, 2.24) is 0 Å². The highest BCUT2D eigenvalue weighted by Gasteiger charge is 2.61. The topological polar surface area (TPSA) is 0 Å². The standard InChI is InChI=1S/C15H14F8S/c1-8(2)12(9(3)14(18,19)20)13(17,15(21,22)23)24-11-6-4-10(16)5-7-11/h4-8H,1-3H3. The molecule has 0 fully saturated rings. The minimum Gasteiger partial charge on any atom is -0.216 e. The number of hydrogen-bond acceptors (Lipinski definition) is 1. The average molecular weight is 378 g/mol. The van der Waals surface area contributed by atoms with Crippen molar-refractivity contribution in [3.05, 3.63) is 41.2 Å². The molecular formula is C15H14F8S. The number of alkyl halides is 7. The molecule has 1 aromatic rings. The molecule has 1 atom stereocenters. The molecule has 0 spiro atoms. The first-order valence-corrected chi connectivity index (χ1v) is 7.50. The molecule has 0 aromatic heterocycles. The van der Waals surface area contributed by atoms with Gasteiger partial charge in [-0.1, -0.05) is 25.6 Å². The Balaban J connectivity index is 3.56. The molecule has 1 unspecified atom stereocenters. The lowest BCUT2D eigenvalue weighted by atomic mass is 9.92. The zero-order chi connectivity index (χ0) is 18.9. The van der Waals surface area contributed by atoms with E-state index in [1.54, 1.807) is 0 Å². The van der Waals surface area contributed by atoms with E-state index in [9.17, 15) is 35.1 Å². The largest absolute Gasteiger partial charge is 0.436 e. The minimum atomic E-state index is -5.60. The molecule has 24 heavy (non-hydrogen) atoms. The van der Waals surface area contributed by atoms with Crippen LogP contribution in [0, 0.1) is 11.7 Å². The van der Waals surface area contributed by atoms with Crippen molar-refractivity contribution in [2.45, 2.75) is 43.0 Å². The van der Waals surface area contributed by atoms with Crippen molar-refractivity contribution < 1.29 is 35.1 Å². The maximum absolute atomic E-state index is 15.0. The summed E-state index contributed by atoms with van der Waals surface area (Å²) >= 11 is -0.429. The molecular weight excluding hydrogens is 364 g/mol. The number of allylic oxidation sites excluding steroid dienone is 1. The summed E-state index contributed by atoms with van der Waals surface area (Å²) in [4.78, 5) is -0.343. The van der Waals surface area contributed by atoms with Gasteiger partial charge in [-0.15, -0.1) is 0 Å². The Morgan fingerprint density at radius 3 is 1.71 bits per heavy atom. The van der Waals surface area contributed by atoms with Crippen LogP contribution in [-0.2, 0) is 0 Å². The molecule has 0 radical (unpaired) electrons. The maximum atomic E-state index is 15.0. The van der Waals surface area contributed by atoms with Crippen LogP contribution in [0.4, 0.5) is 35.1 Å². The molecule has 0 N–H and O–H groups in total. The highest BCUT2D eigenvalue weighted by molar-refractivity contribution is 8.00. The Hall–Kier alpha value is -1.25. The number of thioether (sulfide) groups is 1. The van der Waals surface area contributed by atoms with Crippen LogP contribution >= 0.6 is 11.8 Å². The Bertz CT molecular complexity index is 597. The summed E-state index contributed by atoms with van der Waals surface area (Å²) in [6.07, 6.45) is -10.7. The molecule has 0 aliphatic heterocycles. The number of benzene rings is 1. The molecule has 0 saturated heterocycles. The number of rotatable bonds is 4. The summed E-state index contributed by atoms with van der Waals surface area (Å²) < 4.78 is 107. The van der Waals surface area contributed by atoms with E-state index in [4.69, 9.17) is 0 Å². The lowest BCUT2D eigenvalue weighted by Gasteiger charge is -2.33. The van der Waals surface area contributed by atoms with Gasteiger partial charge in [-0.3, -0.25) is 0 Å². The van der Waals surface area contributed by atoms with Crippen LogP contribution in [-0.4, -0.2) is 17.4 Å². The fraction of sp³-hybridized carbons (Fsp3) is 0.467. The third kappa shape index (κ3) is 4.43. The van der Waals surface area contributed by atoms with Crippen molar-refractivity contribution in [3.63, 3.8) is 0 Å². The zero-order valence-corrected chi connectivity index (χ0v) is 13.6. The summed E-state index contributed by atoms with van der Waals surface area (Å²) in [7, 11) is 0. The molecule has 1 rings (SSSR count). The van der Waals surface area contributed by atoms with Crippen LogP contribution in [0.1, 0.15) is 20.8 Å². The lowest BCUT2D eigenvalue weighted by Crippen LogP contribution is -2.42. The lowest BCUT2D eigenvalue weighted by molar-refractivity contribution is -0.186. The number of hydrogen-bond donors (Lipinski definition) is 0. The SMILES string of the molecule is CC(=C(C(C)C)C(F)(Sc1ccc(F)cc1)C(F)(F)F)C(F)(F)F. The molecule has 9 heteroatoms. The van der Waals surface area contributed by atoms with Crippen LogP contribution in [0.3, 0.4) is 0 Å². The van der Waals surface area contributed by atoms with Gasteiger partial charge >= 0.3 is 12.4 Å². The van der Waals surface area contributed by atoms with Gasteiger partial charge in [-0.2, -0.15) is 26.3 Å². The van der Waals surface area contributed by atoms with Crippen molar-refractivity contribution in [3.8, 4) is 0 Å². The molecule has 1 aromatic carbocycles. The van der Waals surface area contributed by atoms with E-state index < -0.39 is 52.0 Å². The van der Waals surface area contributed by atoms with E-state index >= 15 is 0 Å². The molecule has 0 bridgehead atoms. The molecule has 136 valence electrons. The second-order valence-corrected chi connectivity index (χ2v) is 6.58. The Labute approximate surface area is 137 Å². The molecule has 0 aliphatic rings. The van der Waals surface area contributed by atoms with Crippen LogP contribution < -0.4 is 0 Å². The van der Waals surface area contributed by atoms with Crippen molar-refractivity contribution >= 4 is 11.8 Å². The van der Waals surface area contributed by atoms with Gasteiger partial charge in [0, 0.05) is 10.5 Å². The van der Waals surface area contributed by atoms with Gasteiger partial charge < -0.3 is 0 Å². The highest BCUT2D eigenvalue weighted by atomic mass is 32.2. The van der Waals surface area contributed by atoms with Gasteiger partial charge in [0.25, 0.3) is 5.00 Å². The van der Waals surface area contributed by atoms with Gasteiger partial charge in [-0.25, -0.2) is 8.78 Å². The van der Waals surface area contributed by atoms with Gasteiger partial charge in [0.15, 0.2) is 0 Å². The normalized spacial score (nSPS) is 16.8. The van der Waals surface area contributed by atoms with Crippen molar-refractivity contribution in [2.24, 2.45) is 5.92 Å². The van der Waals surface area contributed by atoms with Gasteiger partial charge in [0.1, 0.15) is 5.82 Å². The van der Waals surface area contributed by atoms with E-state index in [2.05, 4.69) is 0 Å². The second-order valence-electron chi connectivity index (χ2n) is 5.34. The summed E-state index contributed by atoms with van der Waals surface area (Å²) in [6, 6.07) is 3.35. The Morgan fingerprint density at radius 1 is 0.917 bits per heavy atom. The second kappa shape index (κ2) is 6.93. The average Bonchev–Trinajstić information content (AvgIpc) is 2.38. The fourth-order valence-corrected chi connectivity index (χ4v) is 3.34. The predicted octanol–water partition coefficient (Wildman–Crippen LogP) is 6.68. The highest BCUT2D eigenvalue weighted by Crippen LogP contribution is 2.55. The zero-order valence-electron chi connectivity index (χ0n) is 12.8. The van der Waals surface area contributed by atoms with Crippen LogP contribution in [0.5, 0.6) is 0 Å². The third-order valence-corrected chi connectivity index (χ3v) is 4.43. The van der Waals surface area contributed by atoms with Gasteiger partial charge in [-0.05, 0) is 42.7 Å². The molecule has 0 aliphatic carbocycles. The molecule has 0 amide bonds. The quantitative estimate of drug-likeness (QED) is 0.320.